The van der Waals surface area contributed by atoms with Crippen LogP contribution in [-0.4, -0.2) is 40.7 Å². The van der Waals surface area contributed by atoms with Gasteiger partial charge in [0.1, 0.15) is 5.75 Å². The zero-order valence-corrected chi connectivity index (χ0v) is 18.4. The standard InChI is InChI=1S/C23H30ClN3O3/c1-16(19-7-10-27(11-8-19)23-25-14-20(24)15-26-23)9-12-30-21-5-3-18(17(2)13-21)4-6-22(28)29/h3,5,13-16,19H,4,6-12H2,1-2H3,(H,28,29). The smallest absolute Gasteiger partial charge is 0.303 e. The molecule has 2 aromatic rings. The maximum Gasteiger partial charge on any atom is 0.303 e. The number of aryl methyl sites for hydroxylation is 2. The summed E-state index contributed by atoms with van der Waals surface area (Å²) < 4.78 is 5.97. The highest BCUT2D eigenvalue weighted by Gasteiger charge is 2.25. The van der Waals surface area contributed by atoms with Gasteiger partial charge in [-0.15, -0.1) is 0 Å². The molecular formula is C23H30ClN3O3. The molecule has 0 bridgehead atoms. The second-order valence-corrected chi connectivity index (χ2v) is 8.56. The molecule has 1 fully saturated rings. The summed E-state index contributed by atoms with van der Waals surface area (Å²) in [5.41, 5.74) is 2.15. The van der Waals surface area contributed by atoms with Gasteiger partial charge in [0.15, 0.2) is 0 Å². The van der Waals surface area contributed by atoms with Crippen LogP contribution in [0.4, 0.5) is 5.95 Å². The van der Waals surface area contributed by atoms with Gasteiger partial charge in [-0.2, -0.15) is 0 Å². The fourth-order valence-corrected chi connectivity index (χ4v) is 4.11. The van der Waals surface area contributed by atoms with E-state index in [1.54, 1.807) is 12.4 Å². The van der Waals surface area contributed by atoms with E-state index in [9.17, 15) is 4.79 Å². The van der Waals surface area contributed by atoms with Crippen LogP contribution in [0.25, 0.3) is 0 Å². The van der Waals surface area contributed by atoms with E-state index in [1.165, 1.54) is 0 Å². The van der Waals surface area contributed by atoms with Crippen molar-refractivity contribution < 1.29 is 14.6 Å². The Bertz CT molecular complexity index is 836. The fourth-order valence-electron chi connectivity index (χ4n) is 4.02. The molecule has 0 aliphatic carbocycles. The lowest BCUT2D eigenvalue weighted by molar-refractivity contribution is -0.136. The number of aromatic nitrogens is 2. The molecule has 1 saturated heterocycles. The van der Waals surface area contributed by atoms with E-state index in [1.807, 2.05) is 25.1 Å². The Morgan fingerprint density at radius 3 is 2.63 bits per heavy atom. The molecule has 1 N–H and O–H groups in total. The highest BCUT2D eigenvalue weighted by molar-refractivity contribution is 6.30. The first-order chi connectivity index (χ1) is 14.4. The van der Waals surface area contributed by atoms with Crippen LogP contribution >= 0.6 is 11.6 Å². The molecular weight excluding hydrogens is 402 g/mol. The highest BCUT2D eigenvalue weighted by Crippen LogP contribution is 2.29. The van der Waals surface area contributed by atoms with Crippen molar-refractivity contribution in [1.29, 1.82) is 0 Å². The van der Waals surface area contributed by atoms with Crippen LogP contribution in [0.15, 0.2) is 30.6 Å². The lowest BCUT2D eigenvalue weighted by atomic mass is 9.84. The van der Waals surface area contributed by atoms with Crippen molar-refractivity contribution in [3.05, 3.63) is 46.7 Å². The molecule has 30 heavy (non-hydrogen) atoms. The Labute approximate surface area is 183 Å². The number of carbonyl (C=O) groups is 1. The number of hydrogen-bond donors (Lipinski definition) is 1. The third-order valence-corrected chi connectivity index (χ3v) is 6.19. The van der Waals surface area contributed by atoms with Gasteiger partial charge in [-0.25, -0.2) is 9.97 Å². The number of carboxylic acids is 1. The Balaban J connectivity index is 1.41. The number of carboxylic acid groups (broad SMARTS) is 1. The predicted octanol–water partition coefficient (Wildman–Crippen LogP) is 4.78. The van der Waals surface area contributed by atoms with Gasteiger partial charge in [0.2, 0.25) is 5.95 Å². The average molecular weight is 432 g/mol. The minimum atomic E-state index is -0.768. The number of anilines is 1. The molecule has 0 radical (unpaired) electrons. The van der Waals surface area contributed by atoms with E-state index in [4.69, 9.17) is 21.4 Å². The molecule has 0 saturated carbocycles. The van der Waals surface area contributed by atoms with E-state index in [0.717, 1.165) is 55.2 Å². The van der Waals surface area contributed by atoms with Crippen molar-refractivity contribution in [1.82, 2.24) is 9.97 Å². The van der Waals surface area contributed by atoms with Crippen LogP contribution in [0, 0.1) is 18.8 Å². The zero-order valence-electron chi connectivity index (χ0n) is 17.7. The van der Waals surface area contributed by atoms with Gasteiger partial charge in [0, 0.05) is 19.5 Å². The minimum absolute atomic E-state index is 0.154. The zero-order chi connectivity index (χ0) is 21.5. The molecule has 1 aliphatic heterocycles. The lowest BCUT2D eigenvalue weighted by Gasteiger charge is -2.34. The number of benzene rings is 1. The number of nitrogens with zero attached hydrogens (tertiary/aromatic N) is 3. The number of rotatable bonds is 9. The summed E-state index contributed by atoms with van der Waals surface area (Å²) in [6, 6.07) is 5.93. The van der Waals surface area contributed by atoms with Crippen LogP contribution in [0.1, 0.15) is 43.7 Å². The molecule has 1 aromatic heterocycles. The minimum Gasteiger partial charge on any atom is -0.494 e. The number of ether oxygens (including phenoxy) is 1. The Morgan fingerprint density at radius 2 is 2.00 bits per heavy atom. The van der Waals surface area contributed by atoms with Crippen molar-refractivity contribution in [3.8, 4) is 5.75 Å². The van der Waals surface area contributed by atoms with Gasteiger partial charge < -0.3 is 14.7 Å². The van der Waals surface area contributed by atoms with Gasteiger partial charge in [-0.05, 0) is 67.7 Å². The van der Waals surface area contributed by atoms with Crippen molar-refractivity contribution in [2.24, 2.45) is 11.8 Å². The van der Waals surface area contributed by atoms with Crippen molar-refractivity contribution in [3.63, 3.8) is 0 Å². The van der Waals surface area contributed by atoms with Crippen molar-refractivity contribution in [2.45, 2.75) is 46.0 Å². The molecule has 1 aliphatic rings. The van der Waals surface area contributed by atoms with E-state index in [0.29, 0.717) is 29.9 Å². The van der Waals surface area contributed by atoms with Gasteiger partial charge in [-0.3, -0.25) is 4.79 Å². The summed E-state index contributed by atoms with van der Waals surface area (Å²) in [5.74, 6) is 2.12. The summed E-state index contributed by atoms with van der Waals surface area (Å²) >= 11 is 5.87. The summed E-state index contributed by atoms with van der Waals surface area (Å²) in [5, 5.41) is 9.40. The molecule has 1 unspecified atom stereocenters. The molecule has 3 rings (SSSR count). The molecule has 0 spiro atoms. The van der Waals surface area contributed by atoms with Gasteiger partial charge in [0.25, 0.3) is 0 Å². The van der Waals surface area contributed by atoms with E-state index >= 15 is 0 Å². The van der Waals surface area contributed by atoms with Crippen LogP contribution in [0.5, 0.6) is 5.75 Å². The maximum atomic E-state index is 10.8. The number of halogens is 1. The van der Waals surface area contributed by atoms with E-state index in [2.05, 4.69) is 21.8 Å². The van der Waals surface area contributed by atoms with Crippen LogP contribution in [-0.2, 0) is 11.2 Å². The van der Waals surface area contributed by atoms with Crippen molar-refractivity contribution >= 4 is 23.5 Å². The largest absolute Gasteiger partial charge is 0.494 e. The summed E-state index contributed by atoms with van der Waals surface area (Å²) in [6.45, 7) is 6.94. The Morgan fingerprint density at radius 1 is 1.30 bits per heavy atom. The first-order valence-corrected chi connectivity index (χ1v) is 11.0. The number of aliphatic carboxylic acids is 1. The molecule has 162 valence electrons. The SMILES string of the molecule is Cc1cc(OCCC(C)C2CCN(c3ncc(Cl)cn3)CC2)ccc1CCC(=O)O. The van der Waals surface area contributed by atoms with Gasteiger partial charge in [-0.1, -0.05) is 24.6 Å². The quantitative estimate of drug-likeness (QED) is 0.615. The molecule has 1 atom stereocenters. The van der Waals surface area contributed by atoms with Crippen molar-refractivity contribution in [2.75, 3.05) is 24.6 Å². The fraction of sp³-hybridized carbons (Fsp3) is 0.522. The third-order valence-electron chi connectivity index (χ3n) is 6.00. The predicted molar refractivity (Wildman–Crippen MR) is 118 cm³/mol. The van der Waals surface area contributed by atoms with Gasteiger partial charge >= 0.3 is 5.97 Å². The first-order valence-electron chi connectivity index (χ1n) is 10.6. The summed E-state index contributed by atoms with van der Waals surface area (Å²) in [7, 11) is 0. The summed E-state index contributed by atoms with van der Waals surface area (Å²) in [4.78, 5) is 21.6. The summed E-state index contributed by atoms with van der Waals surface area (Å²) in [6.07, 6.45) is 7.28. The van der Waals surface area contributed by atoms with Crippen LogP contribution in [0.3, 0.4) is 0 Å². The second kappa shape index (κ2) is 10.6. The molecule has 7 heteroatoms. The number of hydrogen-bond acceptors (Lipinski definition) is 5. The maximum absolute atomic E-state index is 10.8. The Kier molecular flexibility index (Phi) is 7.91. The Hall–Kier alpha value is -2.34. The highest BCUT2D eigenvalue weighted by atomic mass is 35.5. The van der Waals surface area contributed by atoms with Gasteiger partial charge in [0.05, 0.1) is 24.0 Å². The third kappa shape index (κ3) is 6.33. The van der Waals surface area contributed by atoms with Crippen LogP contribution in [0.2, 0.25) is 5.02 Å². The molecule has 2 heterocycles. The normalized spacial score (nSPS) is 15.8. The molecule has 0 amide bonds. The number of piperidine rings is 1. The van der Waals surface area contributed by atoms with E-state index < -0.39 is 5.97 Å². The molecule has 1 aromatic carbocycles. The molecule has 6 nitrogen and oxygen atoms in total. The van der Waals surface area contributed by atoms with Crippen LogP contribution < -0.4 is 9.64 Å². The monoisotopic (exact) mass is 431 g/mol. The van der Waals surface area contributed by atoms with E-state index in [-0.39, 0.29) is 6.42 Å². The lowest BCUT2D eigenvalue weighted by Crippen LogP contribution is -2.36. The topological polar surface area (TPSA) is 75.5 Å². The first kappa shape index (κ1) is 22.3. The second-order valence-electron chi connectivity index (χ2n) is 8.12. The average Bonchev–Trinajstić information content (AvgIpc) is 2.73.